The third-order valence-corrected chi connectivity index (χ3v) is 3.52. The molecule has 1 N–H and O–H groups in total. The summed E-state index contributed by atoms with van der Waals surface area (Å²) in [5.74, 6) is -0.506. The van der Waals surface area contributed by atoms with Gasteiger partial charge in [-0.3, -0.25) is 9.48 Å². The number of hydrogen-bond donors (Lipinski definition) is 1. The number of aromatic nitrogens is 2. The van der Waals surface area contributed by atoms with E-state index in [1.165, 1.54) is 7.11 Å². The molecule has 0 bridgehead atoms. The van der Waals surface area contributed by atoms with E-state index in [4.69, 9.17) is 4.74 Å². The van der Waals surface area contributed by atoms with Gasteiger partial charge in [-0.25, -0.2) is 0 Å². The van der Waals surface area contributed by atoms with Crippen molar-refractivity contribution in [3.63, 3.8) is 0 Å². The molecule has 116 valence electrons. The first kappa shape index (κ1) is 16.0. The molecule has 0 aliphatic rings. The van der Waals surface area contributed by atoms with Crippen LogP contribution in [0.15, 0.2) is 30.5 Å². The van der Waals surface area contributed by atoms with E-state index in [0.717, 1.165) is 10.9 Å². The Kier molecular flexibility index (Phi) is 4.78. The van der Waals surface area contributed by atoms with Gasteiger partial charge in [0.15, 0.2) is 0 Å². The van der Waals surface area contributed by atoms with Crippen molar-refractivity contribution in [2.75, 3.05) is 13.7 Å². The molecule has 1 amide bonds. The Morgan fingerprint density at radius 1 is 1.55 bits per heavy atom. The molecule has 6 nitrogen and oxygen atoms in total. The number of nitrogens with one attached hydrogen (secondary N) is 1. The fraction of sp³-hybridized carbons (Fsp3) is 0.438. The zero-order valence-corrected chi connectivity index (χ0v) is 13.0. The Bertz CT molecular complexity index is 703. The van der Waals surface area contributed by atoms with Gasteiger partial charge in [-0.15, -0.1) is 0 Å². The predicted molar refractivity (Wildman–Crippen MR) is 82.9 cm³/mol. The van der Waals surface area contributed by atoms with Crippen LogP contribution in [0.1, 0.15) is 13.8 Å². The topological polar surface area (TPSA) is 79.9 Å². The minimum absolute atomic E-state index is 0.145. The van der Waals surface area contributed by atoms with Crippen LogP contribution in [0.25, 0.3) is 10.9 Å². The Labute approximate surface area is 129 Å². The number of methoxy groups -OCH3 is 1. The fourth-order valence-electron chi connectivity index (χ4n) is 2.29. The van der Waals surface area contributed by atoms with Crippen molar-refractivity contribution in [1.82, 2.24) is 15.1 Å². The largest absolute Gasteiger partial charge is 0.381 e. The quantitative estimate of drug-likeness (QED) is 0.881. The molecular weight excluding hydrogens is 280 g/mol. The van der Waals surface area contributed by atoms with Gasteiger partial charge >= 0.3 is 0 Å². The lowest BCUT2D eigenvalue weighted by atomic mass is 10.0. The number of hydrogen-bond acceptors (Lipinski definition) is 4. The molecule has 2 atom stereocenters. The van der Waals surface area contributed by atoms with E-state index < -0.39 is 5.54 Å². The van der Waals surface area contributed by atoms with Crippen LogP contribution in [0.4, 0.5) is 0 Å². The minimum atomic E-state index is -1.02. The molecule has 1 heterocycles. The molecule has 0 aliphatic carbocycles. The number of para-hydroxylation sites is 1. The molecule has 0 radical (unpaired) electrons. The van der Waals surface area contributed by atoms with Crippen LogP contribution < -0.4 is 5.32 Å². The Hall–Kier alpha value is -2.39. The SMILES string of the molecule is COC[C@@](C)(C#N)NC(=O)[C@H](C)Cn1ncc2ccccc21. The van der Waals surface area contributed by atoms with Crippen molar-refractivity contribution in [3.05, 3.63) is 30.5 Å². The number of carbonyl (C=O) groups excluding carboxylic acids is 1. The number of carbonyl (C=O) groups is 1. The van der Waals surface area contributed by atoms with Gasteiger partial charge in [-0.05, 0) is 13.0 Å². The number of nitriles is 1. The highest BCUT2D eigenvalue weighted by molar-refractivity contribution is 5.81. The van der Waals surface area contributed by atoms with Crippen molar-refractivity contribution < 1.29 is 9.53 Å². The van der Waals surface area contributed by atoms with Crippen molar-refractivity contribution in [2.24, 2.45) is 5.92 Å². The van der Waals surface area contributed by atoms with Crippen LogP contribution in [-0.4, -0.2) is 34.9 Å². The first-order valence-electron chi connectivity index (χ1n) is 7.12. The second kappa shape index (κ2) is 6.58. The van der Waals surface area contributed by atoms with Crippen molar-refractivity contribution in [3.8, 4) is 6.07 Å². The third kappa shape index (κ3) is 3.43. The molecule has 2 rings (SSSR count). The maximum absolute atomic E-state index is 12.3. The van der Waals surface area contributed by atoms with Gasteiger partial charge in [0.1, 0.15) is 5.54 Å². The van der Waals surface area contributed by atoms with E-state index in [2.05, 4.69) is 16.5 Å². The van der Waals surface area contributed by atoms with Crippen LogP contribution in [0.3, 0.4) is 0 Å². The van der Waals surface area contributed by atoms with E-state index in [1.54, 1.807) is 17.8 Å². The van der Waals surface area contributed by atoms with E-state index in [1.807, 2.05) is 31.2 Å². The summed E-state index contributed by atoms with van der Waals surface area (Å²) in [6.07, 6.45) is 1.78. The third-order valence-electron chi connectivity index (χ3n) is 3.52. The Morgan fingerprint density at radius 3 is 2.95 bits per heavy atom. The molecule has 0 saturated heterocycles. The summed E-state index contributed by atoms with van der Waals surface area (Å²) < 4.78 is 6.79. The summed E-state index contributed by atoms with van der Waals surface area (Å²) in [7, 11) is 1.50. The molecule has 0 aliphatic heterocycles. The normalized spacial score (nSPS) is 15.0. The van der Waals surface area contributed by atoms with Crippen LogP contribution in [0, 0.1) is 17.2 Å². The lowest BCUT2D eigenvalue weighted by molar-refractivity contribution is -0.126. The fourth-order valence-corrected chi connectivity index (χ4v) is 2.29. The molecule has 2 aromatic rings. The van der Waals surface area contributed by atoms with Gasteiger partial charge < -0.3 is 10.1 Å². The van der Waals surface area contributed by atoms with Gasteiger partial charge in [0.25, 0.3) is 0 Å². The van der Waals surface area contributed by atoms with Crippen LogP contribution in [0.2, 0.25) is 0 Å². The number of amides is 1. The molecule has 1 aromatic carbocycles. The highest BCUT2D eigenvalue weighted by Gasteiger charge is 2.28. The summed E-state index contributed by atoms with van der Waals surface area (Å²) in [6, 6.07) is 9.92. The number of rotatable bonds is 6. The maximum Gasteiger partial charge on any atom is 0.225 e. The maximum atomic E-state index is 12.3. The van der Waals surface area contributed by atoms with E-state index in [-0.39, 0.29) is 18.4 Å². The second-order valence-electron chi connectivity index (χ2n) is 5.65. The standard InChI is InChI=1S/C16H20N4O2/c1-12(15(21)19-16(2,10-17)11-22-3)9-20-14-7-5-4-6-13(14)8-18-20/h4-8,12H,9,11H2,1-3H3,(H,19,21)/t12-,16-/m1/s1. The van der Waals surface area contributed by atoms with Crippen molar-refractivity contribution >= 4 is 16.8 Å². The number of benzene rings is 1. The molecule has 1 aromatic heterocycles. The van der Waals surface area contributed by atoms with E-state index >= 15 is 0 Å². The Morgan fingerprint density at radius 2 is 2.27 bits per heavy atom. The molecular formula is C16H20N4O2. The highest BCUT2D eigenvalue weighted by Crippen LogP contribution is 2.15. The lowest BCUT2D eigenvalue weighted by Gasteiger charge is -2.24. The molecule has 0 unspecified atom stereocenters. The van der Waals surface area contributed by atoms with Crippen LogP contribution in [0.5, 0.6) is 0 Å². The van der Waals surface area contributed by atoms with Gasteiger partial charge in [0.2, 0.25) is 5.91 Å². The highest BCUT2D eigenvalue weighted by atomic mass is 16.5. The van der Waals surface area contributed by atoms with Gasteiger partial charge in [0.05, 0.1) is 36.9 Å². The van der Waals surface area contributed by atoms with Gasteiger partial charge in [-0.1, -0.05) is 25.1 Å². The monoisotopic (exact) mass is 300 g/mol. The average Bonchev–Trinajstić information content (AvgIpc) is 2.90. The minimum Gasteiger partial charge on any atom is -0.381 e. The van der Waals surface area contributed by atoms with Crippen LogP contribution >= 0.6 is 0 Å². The zero-order chi connectivity index (χ0) is 16.2. The lowest BCUT2D eigenvalue weighted by Crippen LogP contribution is -2.50. The summed E-state index contributed by atoms with van der Waals surface area (Å²) in [5.41, 5.74) is -0.0335. The van der Waals surface area contributed by atoms with Crippen molar-refractivity contribution in [1.29, 1.82) is 5.26 Å². The molecule has 0 spiro atoms. The first-order valence-corrected chi connectivity index (χ1v) is 7.12. The molecule has 6 heteroatoms. The van der Waals surface area contributed by atoms with E-state index in [9.17, 15) is 10.1 Å². The molecule has 22 heavy (non-hydrogen) atoms. The first-order chi connectivity index (χ1) is 10.5. The predicted octanol–water partition coefficient (Wildman–Crippen LogP) is 1.72. The van der Waals surface area contributed by atoms with Gasteiger partial charge in [0, 0.05) is 12.5 Å². The number of fused-ring (bicyclic) bond motifs is 1. The number of nitrogens with zero attached hydrogens (tertiary/aromatic N) is 3. The van der Waals surface area contributed by atoms with E-state index in [0.29, 0.717) is 6.54 Å². The molecule has 0 saturated carbocycles. The summed E-state index contributed by atoms with van der Waals surface area (Å²) in [4.78, 5) is 12.3. The van der Waals surface area contributed by atoms with Gasteiger partial charge in [-0.2, -0.15) is 10.4 Å². The molecule has 0 fully saturated rings. The van der Waals surface area contributed by atoms with Crippen molar-refractivity contribution in [2.45, 2.75) is 25.9 Å². The second-order valence-corrected chi connectivity index (χ2v) is 5.65. The summed E-state index contributed by atoms with van der Waals surface area (Å²) in [5, 5.41) is 17.3. The summed E-state index contributed by atoms with van der Waals surface area (Å²) in [6.45, 7) is 4.06. The Balaban J connectivity index is 2.07. The van der Waals surface area contributed by atoms with Crippen LogP contribution in [-0.2, 0) is 16.1 Å². The zero-order valence-electron chi connectivity index (χ0n) is 13.0. The smallest absolute Gasteiger partial charge is 0.225 e. The average molecular weight is 300 g/mol. The summed E-state index contributed by atoms with van der Waals surface area (Å²) >= 11 is 0. The number of ether oxygens (including phenoxy) is 1.